The Hall–Kier alpha value is -2.88. The third-order valence-electron chi connectivity index (χ3n) is 3.92. The van der Waals surface area contributed by atoms with Crippen LogP contribution in [0, 0.1) is 0 Å². The first kappa shape index (κ1) is 16.0. The largest absolute Gasteiger partial charge is 0.356 e. The van der Waals surface area contributed by atoms with E-state index >= 15 is 0 Å². The number of aromatic nitrogens is 2. The van der Waals surface area contributed by atoms with Gasteiger partial charge in [0.1, 0.15) is 0 Å². The molecular weight excluding hydrogens is 298 g/mol. The van der Waals surface area contributed by atoms with Gasteiger partial charge >= 0.3 is 0 Å². The van der Waals surface area contributed by atoms with Crippen LogP contribution in [0.1, 0.15) is 17.5 Å². The number of rotatable bonds is 7. The highest BCUT2D eigenvalue weighted by Gasteiger charge is 2.02. The molecule has 0 aliphatic heterocycles. The van der Waals surface area contributed by atoms with Gasteiger partial charge in [0.15, 0.2) is 0 Å². The first-order chi connectivity index (χ1) is 11.8. The lowest BCUT2D eigenvalue weighted by Gasteiger charge is -2.07. The maximum atomic E-state index is 11.9. The zero-order valence-corrected chi connectivity index (χ0v) is 13.6. The summed E-state index contributed by atoms with van der Waals surface area (Å²) in [6.45, 7) is 0.661. The molecule has 1 heterocycles. The van der Waals surface area contributed by atoms with Gasteiger partial charge in [-0.25, -0.2) is 4.68 Å². The molecule has 0 aliphatic carbocycles. The maximum absolute atomic E-state index is 11.9. The summed E-state index contributed by atoms with van der Waals surface area (Å²) < 4.78 is 1.83. The lowest BCUT2D eigenvalue weighted by Crippen LogP contribution is -2.25. The molecular formula is C20H21N3O. The molecule has 0 fully saturated rings. The number of nitrogens with one attached hydrogen (secondary N) is 1. The van der Waals surface area contributed by atoms with Crippen LogP contribution in [0.3, 0.4) is 0 Å². The van der Waals surface area contributed by atoms with Crippen LogP contribution in [-0.4, -0.2) is 22.2 Å². The second kappa shape index (κ2) is 8.11. The van der Waals surface area contributed by atoms with E-state index in [0.29, 0.717) is 13.0 Å². The highest BCUT2D eigenvalue weighted by molar-refractivity contribution is 5.76. The minimum Gasteiger partial charge on any atom is -0.356 e. The van der Waals surface area contributed by atoms with Crippen LogP contribution in [0.25, 0.3) is 5.69 Å². The zero-order valence-electron chi connectivity index (χ0n) is 13.6. The van der Waals surface area contributed by atoms with E-state index in [2.05, 4.69) is 34.7 Å². The Morgan fingerprint density at radius 3 is 2.38 bits per heavy atom. The molecule has 0 radical (unpaired) electrons. The van der Waals surface area contributed by atoms with Crippen LogP contribution in [0.5, 0.6) is 0 Å². The Kier molecular flexibility index (Phi) is 5.40. The fourth-order valence-electron chi connectivity index (χ4n) is 2.57. The van der Waals surface area contributed by atoms with Crippen molar-refractivity contribution in [2.24, 2.45) is 0 Å². The Balaban J connectivity index is 1.40. The fraction of sp³-hybridized carbons (Fsp3) is 0.200. The van der Waals surface area contributed by atoms with E-state index < -0.39 is 0 Å². The van der Waals surface area contributed by atoms with Crippen LogP contribution >= 0.6 is 0 Å². The van der Waals surface area contributed by atoms with Crippen LogP contribution < -0.4 is 5.32 Å². The normalized spacial score (nSPS) is 10.5. The van der Waals surface area contributed by atoms with Crippen molar-refractivity contribution in [2.45, 2.75) is 19.3 Å². The lowest BCUT2D eigenvalue weighted by atomic mass is 10.1. The summed E-state index contributed by atoms with van der Waals surface area (Å²) in [4.78, 5) is 11.9. The van der Waals surface area contributed by atoms with E-state index in [4.69, 9.17) is 0 Å². The Morgan fingerprint density at radius 2 is 1.67 bits per heavy atom. The smallest absolute Gasteiger partial charge is 0.220 e. The molecule has 0 unspecified atom stereocenters. The molecule has 1 aromatic heterocycles. The number of carbonyl (C=O) groups is 1. The molecule has 1 amide bonds. The predicted octanol–water partition coefficient (Wildman–Crippen LogP) is 3.16. The van der Waals surface area contributed by atoms with Crippen molar-refractivity contribution in [3.63, 3.8) is 0 Å². The van der Waals surface area contributed by atoms with Crippen molar-refractivity contribution in [3.05, 3.63) is 84.2 Å². The van der Waals surface area contributed by atoms with Gasteiger partial charge in [0.2, 0.25) is 5.91 Å². The number of hydrogen-bond acceptors (Lipinski definition) is 2. The molecule has 0 saturated carbocycles. The monoisotopic (exact) mass is 319 g/mol. The summed E-state index contributed by atoms with van der Waals surface area (Å²) in [6.07, 6.45) is 5.82. The topological polar surface area (TPSA) is 46.9 Å². The summed E-state index contributed by atoms with van der Waals surface area (Å²) in [6, 6.07) is 20.2. The van der Waals surface area contributed by atoms with E-state index in [1.54, 1.807) is 6.20 Å². The van der Waals surface area contributed by atoms with Crippen molar-refractivity contribution < 1.29 is 4.79 Å². The molecule has 3 aromatic rings. The number of nitrogens with zero attached hydrogens (tertiary/aromatic N) is 2. The summed E-state index contributed by atoms with van der Waals surface area (Å²) in [5.41, 5.74) is 3.44. The third kappa shape index (κ3) is 4.56. The maximum Gasteiger partial charge on any atom is 0.220 e. The molecule has 122 valence electrons. The highest BCUT2D eigenvalue weighted by Crippen LogP contribution is 2.09. The first-order valence-corrected chi connectivity index (χ1v) is 8.21. The van der Waals surface area contributed by atoms with Crippen molar-refractivity contribution in [3.8, 4) is 5.69 Å². The molecule has 3 rings (SSSR count). The number of carbonyl (C=O) groups excluding carboxylic acids is 1. The minimum absolute atomic E-state index is 0.104. The number of aryl methyl sites for hydroxylation is 1. The molecule has 4 heteroatoms. The standard InChI is InChI=1S/C20H21N3O/c24-20(12-9-17-5-2-1-3-6-17)21-15-13-18-7-10-19(11-8-18)23-16-4-14-22-23/h1-8,10-11,14,16H,9,12-13,15H2,(H,21,24). The second-order valence-electron chi connectivity index (χ2n) is 5.70. The molecule has 4 nitrogen and oxygen atoms in total. The van der Waals surface area contributed by atoms with Gasteiger partial charge < -0.3 is 5.32 Å². The molecule has 2 aromatic carbocycles. The molecule has 0 aliphatic rings. The molecule has 24 heavy (non-hydrogen) atoms. The molecule has 0 saturated heterocycles. The molecule has 1 N–H and O–H groups in total. The second-order valence-corrected chi connectivity index (χ2v) is 5.70. The average Bonchev–Trinajstić information content (AvgIpc) is 3.16. The number of hydrogen-bond donors (Lipinski definition) is 1. The van der Waals surface area contributed by atoms with Gasteiger partial charge in [-0.1, -0.05) is 42.5 Å². The highest BCUT2D eigenvalue weighted by atomic mass is 16.1. The van der Waals surface area contributed by atoms with Gasteiger partial charge in [-0.3, -0.25) is 4.79 Å². The van der Waals surface area contributed by atoms with E-state index in [9.17, 15) is 4.79 Å². The summed E-state index contributed by atoms with van der Waals surface area (Å²) in [5, 5.41) is 7.19. The van der Waals surface area contributed by atoms with Crippen molar-refractivity contribution >= 4 is 5.91 Å². The lowest BCUT2D eigenvalue weighted by molar-refractivity contribution is -0.121. The van der Waals surface area contributed by atoms with Crippen LogP contribution in [0.15, 0.2) is 73.1 Å². The van der Waals surface area contributed by atoms with E-state index in [0.717, 1.165) is 18.5 Å². The van der Waals surface area contributed by atoms with E-state index in [1.807, 2.05) is 47.3 Å². The minimum atomic E-state index is 0.104. The summed E-state index contributed by atoms with van der Waals surface area (Å²) in [5.74, 6) is 0.104. The van der Waals surface area contributed by atoms with Gasteiger partial charge in [-0.2, -0.15) is 5.10 Å². The van der Waals surface area contributed by atoms with Gasteiger partial charge in [0.25, 0.3) is 0 Å². The van der Waals surface area contributed by atoms with Gasteiger partial charge in [-0.15, -0.1) is 0 Å². The van der Waals surface area contributed by atoms with E-state index in [1.165, 1.54) is 11.1 Å². The Morgan fingerprint density at radius 1 is 0.917 bits per heavy atom. The summed E-state index contributed by atoms with van der Waals surface area (Å²) in [7, 11) is 0. The van der Waals surface area contributed by atoms with Gasteiger partial charge in [-0.05, 0) is 42.2 Å². The van der Waals surface area contributed by atoms with Crippen LogP contribution in [-0.2, 0) is 17.6 Å². The van der Waals surface area contributed by atoms with E-state index in [-0.39, 0.29) is 5.91 Å². The molecule has 0 atom stereocenters. The quantitative estimate of drug-likeness (QED) is 0.727. The molecule has 0 bridgehead atoms. The Labute approximate surface area is 142 Å². The Bertz CT molecular complexity index is 749. The zero-order chi connectivity index (χ0) is 16.6. The number of amides is 1. The molecule has 0 spiro atoms. The third-order valence-corrected chi connectivity index (χ3v) is 3.92. The van der Waals surface area contributed by atoms with Crippen molar-refractivity contribution in [1.82, 2.24) is 15.1 Å². The van der Waals surface area contributed by atoms with Gasteiger partial charge in [0, 0.05) is 25.4 Å². The predicted molar refractivity (Wildman–Crippen MR) is 95.0 cm³/mol. The SMILES string of the molecule is O=C(CCc1ccccc1)NCCc1ccc(-n2cccn2)cc1. The van der Waals surface area contributed by atoms with Crippen molar-refractivity contribution in [1.29, 1.82) is 0 Å². The van der Waals surface area contributed by atoms with Crippen molar-refractivity contribution in [2.75, 3.05) is 6.54 Å². The summed E-state index contributed by atoms with van der Waals surface area (Å²) >= 11 is 0. The fourth-order valence-corrected chi connectivity index (χ4v) is 2.57. The van der Waals surface area contributed by atoms with Crippen LogP contribution in [0.2, 0.25) is 0 Å². The van der Waals surface area contributed by atoms with Crippen LogP contribution in [0.4, 0.5) is 0 Å². The van der Waals surface area contributed by atoms with Gasteiger partial charge in [0.05, 0.1) is 5.69 Å². The average molecular weight is 319 g/mol. The number of benzene rings is 2. The first-order valence-electron chi connectivity index (χ1n) is 8.21.